The van der Waals surface area contributed by atoms with Gasteiger partial charge >= 0.3 is 0 Å². The van der Waals surface area contributed by atoms with Gasteiger partial charge in [-0.1, -0.05) is 27.5 Å². The van der Waals surface area contributed by atoms with Crippen LogP contribution >= 0.6 is 27.5 Å². The molecule has 0 bridgehead atoms. The molecule has 0 aromatic heterocycles. The van der Waals surface area contributed by atoms with E-state index in [4.69, 9.17) is 16.3 Å². The Morgan fingerprint density at radius 2 is 2.00 bits per heavy atom. The van der Waals surface area contributed by atoms with Gasteiger partial charge in [-0.25, -0.2) is 4.83 Å². The Balaban J connectivity index is 2.18. The number of hydrogen-bond acceptors (Lipinski definition) is 5. The molecular formula is C15H14BrClN2O4S. The number of hydrogen-bond donors (Lipinski definition) is 2. The monoisotopic (exact) mass is 432 g/mol. The molecule has 0 atom stereocenters. The summed E-state index contributed by atoms with van der Waals surface area (Å²) in [5, 5.41) is 13.6. The van der Waals surface area contributed by atoms with Crippen LogP contribution in [0.2, 0.25) is 5.02 Å². The molecule has 24 heavy (non-hydrogen) atoms. The van der Waals surface area contributed by atoms with E-state index in [-0.39, 0.29) is 21.4 Å². The van der Waals surface area contributed by atoms with Crippen LogP contribution in [-0.2, 0) is 10.0 Å². The molecule has 0 fully saturated rings. The average Bonchev–Trinajstić information content (AvgIpc) is 2.52. The van der Waals surface area contributed by atoms with E-state index in [9.17, 15) is 13.5 Å². The fraction of sp³-hybridized carbons (Fsp3) is 0.133. The van der Waals surface area contributed by atoms with Crippen LogP contribution in [0, 0.1) is 0 Å². The van der Waals surface area contributed by atoms with E-state index in [1.807, 2.05) is 0 Å². The second-order valence-electron chi connectivity index (χ2n) is 4.59. The molecule has 9 heteroatoms. The van der Waals surface area contributed by atoms with Crippen molar-refractivity contribution in [1.82, 2.24) is 4.83 Å². The number of phenols is 1. The third-order valence-electron chi connectivity index (χ3n) is 2.86. The molecular weight excluding hydrogens is 420 g/mol. The van der Waals surface area contributed by atoms with E-state index in [0.717, 1.165) is 4.47 Å². The highest BCUT2D eigenvalue weighted by atomic mass is 79.9. The molecule has 0 heterocycles. The molecule has 2 aromatic rings. The number of nitrogens with one attached hydrogen (secondary N) is 1. The first-order valence-corrected chi connectivity index (χ1v) is 9.44. The molecule has 0 aliphatic heterocycles. The number of phenolic OH excluding ortho intramolecular Hbond substituents is 1. The smallest absolute Gasteiger partial charge is 0.276 e. The minimum absolute atomic E-state index is 0.0816. The van der Waals surface area contributed by atoms with Crippen LogP contribution in [0.15, 0.2) is 50.9 Å². The van der Waals surface area contributed by atoms with E-state index < -0.39 is 10.0 Å². The zero-order valence-electron chi connectivity index (χ0n) is 12.5. The minimum atomic E-state index is -3.77. The Morgan fingerprint density at radius 3 is 2.62 bits per heavy atom. The number of sulfonamides is 1. The zero-order valence-corrected chi connectivity index (χ0v) is 15.7. The summed E-state index contributed by atoms with van der Waals surface area (Å²) in [6.07, 6.45) is 1.27. The van der Waals surface area contributed by atoms with Gasteiger partial charge in [-0.15, -0.1) is 0 Å². The minimum Gasteiger partial charge on any atom is -0.503 e. The SMILES string of the molecule is CCOc1cc(/C=N/NS(=O)(=O)c2ccc(Br)cc2)cc(Cl)c1O. The maximum Gasteiger partial charge on any atom is 0.276 e. The number of aromatic hydroxyl groups is 1. The van der Waals surface area contributed by atoms with Crippen molar-refractivity contribution in [2.75, 3.05) is 6.61 Å². The second kappa shape index (κ2) is 7.87. The standard InChI is InChI=1S/C15H14BrClN2O4S/c1-2-23-14-8-10(7-13(17)15(14)20)9-18-19-24(21,22)12-5-3-11(16)4-6-12/h3-9,19-20H,2H2,1H3/b18-9+. The summed E-state index contributed by atoms with van der Waals surface area (Å²) < 4.78 is 30.2. The van der Waals surface area contributed by atoms with Crippen LogP contribution in [0.5, 0.6) is 11.5 Å². The van der Waals surface area contributed by atoms with Crippen molar-refractivity contribution >= 4 is 43.8 Å². The molecule has 0 saturated carbocycles. The van der Waals surface area contributed by atoms with Crippen molar-refractivity contribution < 1.29 is 18.3 Å². The first-order chi connectivity index (χ1) is 11.3. The van der Waals surface area contributed by atoms with Crippen molar-refractivity contribution in [1.29, 1.82) is 0 Å². The summed E-state index contributed by atoms with van der Waals surface area (Å²) >= 11 is 9.14. The van der Waals surface area contributed by atoms with Crippen molar-refractivity contribution in [2.45, 2.75) is 11.8 Å². The Morgan fingerprint density at radius 1 is 1.33 bits per heavy atom. The number of rotatable bonds is 6. The number of hydrazone groups is 1. The Hall–Kier alpha value is -1.77. The number of nitrogens with zero attached hydrogens (tertiary/aromatic N) is 1. The lowest BCUT2D eigenvalue weighted by Crippen LogP contribution is -2.18. The highest BCUT2D eigenvalue weighted by Gasteiger charge is 2.12. The molecule has 0 saturated heterocycles. The van der Waals surface area contributed by atoms with E-state index in [1.165, 1.54) is 30.5 Å². The number of halogens is 2. The predicted octanol–water partition coefficient (Wildman–Crippen LogP) is 3.52. The molecule has 0 radical (unpaired) electrons. The van der Waals surface area contributed by atoms with Gasteiger partial charge in [0.25, 0.3) is 10.0 Å². The van der Waals surface area contributed by atoms with Crippen LogP contribution in [0.3, 0.4) is 0 Å². The molecule has 2 rings (SSSR count). The van der Waals surface area contributed by atoms with E-state index in [1.54, 1.807) is 19.1 Å². The highest BCUT2D eigenvalue weighted by molar-refractivity contribution is 9.10. The van der Waals surface area contributed by atoms with E-state index >= 15 is 0 Å². The molecule has 2 N–H and O–H groups in total. The molecule has 128 valence electrons. The Kier molecular flexibility index (Phi) is 6.09. The Labute approximate surface area is 153 Å². The van der Waals surface area contributed by atoms with Crippen LogP contribution in [-0.4, -0.2) is 26.3 Å². The van der Waals surface area contributed by atoms with E-state index in [2.05, 4.69) is 25.9 Å². The van der Waals surface area contributed by atoms with Crippen LogP contribution < -0.4 is 9.57 Å². The third kappa shape index (κ3) is 4.62. The summed E-state index contributed by atoms with van der Waals surface area (Å²) in [4.78, 5) is 2.19. The van der Waals surface area contributed by atoms with Crippen molar-refractivity contribution in [3.8, 4) is 11.5 Å². The fourth-order valence-electron chi connectivity index (χ4n) is 1.77. The van der Waals surface area contributed by atoms with E-state index in [0.29, 0.717) is 12.2 Å². The molecule has 0 aliphatic rings. The normalized spacial score (nSPS) is 11.6. The lowest BCUT2D eigenvalue weighted by molar-refractivity contribution is 0.318. The lowest BCUT2D eigenvalue weighted by Gasteiger charge is -2.08. The van der Waals surface area contributed by atoms with Gasteiger partial charge in [0.1, 0.15) is 0 Å². The van der Waals surface area contributed by atoms with Crippen LogP contribution in [0.1, 0.15) is 12.5 Å². The molecule has 6 nitrogen and oxygen atoms in total. The predicted molar refractivity (Wildman–Crippen MR) is 96.3 cm³/mol. The molecule has 0 spiro atoms. The summed E-state index contributed by atoms with van der Waals surface area (Å²) in [7, 11) is -3.77. The van der Waals surface area contributed by atoms with Gasteiger partial charge in [-0.05, 0) is 48.9 Å². The number of ether oxygens (including phenoxy) is 1. The summed E-state index contributed by atoms with van der Waals surface area (Å²) in [5.74, 6) is 0.0216. The average molecular weight is 434 g/mol. The first-order valence-electron chi connectivity index (χ1n) is 6.79. The summed E-state index contributed by atoms with van der Waals surface area (Å²) in [6.45, 7) is 2.11. The lowest BCUT2D eigenvalue weighted by atomic mass is 10.2. The first kappa shape index (κ1) is 18.6. The largest absolute Gasteiger partial charge is 0.503 e. The quantitative estimate of drug-likeness (QED) is 0.539. The maximum absolute atomic E-state index is 12.1. The van der Waals surface area contributed by atoms with Crippen LogP contribution in [0.4, 0.5) is 0 Å². The molecule has 0 amide bonds. The summed E-state index contributed by atoms with van der Waals surface area (Å²) in [5.41, 5.74) is 0.472. The zero-order chi connectivity index (χ0) is 17.7. The molecule has 0 unspecified atom stereocenters. The van der Waals surface area contributed by atoms with Crippen molar-refractivity contribution in [3.63, 3.8) is 0 Å². The third-order valence-corrected chi connectivity index (χ3v) is 4.92. The van der Waals surface area contributed by atoms with Gasteiger partial charge in [0.05, 0.1) is 22.7 Å². The molecule has 2 aromatic carbocycles. The van der Waals surface area contributed by atoms with Crippen LogP contribution in [0.25, 0.3) is 0 Å². The maximum atomic E-state index is 12.1. The van der Waals surface area contributed by atoms with Gasteiger partial charge in [0.2, 0.25) is 0 Å². The van der Waals surface area contributed by atoms with Gasteiger partial charge in [0.15, 0.2) is 11.5 Å². The van der Waals surface area contributed by atoms with Gasteiger partial charge in [-0.2, -0.15) is 13.5 Å². The van der Waals surface area contributed by atoms with Gasteiger partial charge < -0.3 is 9.84 Å². The Bertz CT molecular complexity index is 855. The van der Waals surface area contributed by atoms with Crippen molar-refractivity contribution in [2.24, 2.45) is 5.10 Å². The number of benzene rings is 2. The molecule has 0 aliphatic carbocycles. The fourth-order valence-corrected chi connectivity index (χ4v) is 3.05. The van der Waals surface area contributed by atoms with Gasteiger partial charge in [0, 0.05) is 4.47 Å². The topological polar surface area (TPSA) is 88.0 Å². The highest BCUT2D eigenvalue weighted by Crippen LogP contribution is 2.34. The van der Waals surface area contributed by atoms with Crippen molar-refractivity contribution in [3.05, 3.63) is 51.5 Å². The second-order valence-corrected chi connectivity index (χ2v) is 7.57. The van der Waals surface area contributed by atoms with Gasteiger partial charge in [-0.3, -0.25) is 0 Å². The summed E-state index contributed by atoms with van der Waals surface area (Å²) in [6, 6.07) is 9.08.